The number of hydrogen-bond acceptors (Lipinski definition) is 4. The molecule has 0 saturated carbocycles. The van der Waals surface area contributed by atoms with Gasteiger partial charge < -0.3 is 4.57 Å². The van der Waals surface area contributed by atoms with E-state index in [9.17, 15) is 4.79 Å². The summed E-state index contributed by atoms with van der Waals surface area (Å²) in [5.41, 5.74) is 3.54. The fraction of sp³-hybridized carbons (Fsp3) is 0.250. The molecule has 0 unspecified atom stereocenters. The van der Waals surface area contributed by atoms with Gasteiger partial charge in [-0.1, -0.05) is 35.3 Å². The second-order valence-electron chi connectivity index (χ2n) is 7.50. The molecule has 0 aliphatic rings. The van der Waals surface area contributed by atoms with Crippen LogP contribution in [0.2, 0.25) is 0 Å². The van der Waals surface area contributed by atoms with Gasteiger partial charge in [-0.2, -0.15) is 9.78 Å². The molecule has 0 saturated heterocycles. The minimum absolute atomic E-state index is 0.160. The summed E-state index contributed by atoms with van der Waals surface area (Å²) < 4.78 is 4.37. The molecule has 158 valence electrons. The normalized spacial score (nSPS) is 11.6. The van der Waals surface area contributed by atoms with Crippen LogP contribution in [0.25, 0.3) is 16.7 Å². The number of rotatable bonds is 6. The highest BCUT2D eigenvalue weighted by Crippen LogP contribution is 2.19. The molecule has 0 atom stereocenters. The lowest BCUT2D eigenvalue weighted by atomic mass is 10.2. The molecule has 0 spiro atoms. The number of aryl methyl sites for hydroxylation is 2. The minimum Gasteiger partial charge on any atom is -0.303 e. The third-order valence-electron chi connectivity index (χ3n) is 5.29. The van der Waals surface area contributed by atoms with Crippen molar-refractivity contribution in [3.63, 3.8) is 0 Å². The molecular formula is C24H24BrN5O. The highest BCUT2D eigenvalue weighted by Gasteiger charge is 2.13. The lowest BCUT2D eigenvalue weighted by Crippen LogP contribution is -2.22. The van der Waals surface area contributed by atoms with Crippen molar-refractivity contribution < 1.29 is 0 Å². The summed E-state index contributed by atoms with van der Waals surface area (Å²) in [7, 11) is 0. The van der Waals surface area contributed by atoms with Gasteiger partial charge in [-0.3, -0.25) is 4.79 Å². The molecule has 3 aromatic heterocycles. The Morgan fingerprint density at radius 1 is 1.16 bits per heavy atom. The van der Waals surface area contributed by atoms with Crippen molar-refractivity contribution in [2.45, 2.75) is 40.0 Å². The van der Waals surface area contributed by atoms with Crippen molar-refractivity contribution in [2.24, 2.45) is 5.10 Å². The maximum atomic E-state index is 13.2. The number of hydrogen-bond donors (Lipinski definition) is 0. The largest absolute Gasteiger partial charge is 0.303 e. The number of pyridine rings is 1. The van der Waals surface area contributed by atoms with Crippen molar-refractivity contribution in [1.29, 1.82) is 0 Å². The van der Waals surface area contributed by atoms with Crippen molar-refractivity contribution in [3.8, 4) is 5.82 Å². The van der Waals surface area contributed by atoms with E-state index >= 15 is 0 Å². The Labute approximate surface area is 189 Å². The zero-order valence-electron chi connectivity index (χ0n) is 17.8. The summed E-state index contributed by atoms with van der Waals surface area (Å²) in [6.45, 7) is 6.18. The first-order valence-electron chi connectivity index (χ1n) is 10.4. The highest BCUT2D eigenvalue weighted by atomic mass is 79.9. The van der Waals surface area contributed by atoms with Gasteiger partial charge in [-0.15, -0.1) is 0 Å². The van der Waals surface area contributed by atoms with E-state index in [4.69, 9.17) is 4.98 Å². The Morgan fingerprint density at radius 3 is 2.74 bits per heavy atom. The van der Waals surface area contributed by atoms with Gasteiger partial charge in [-0.25, -0.2) is 9.97 Å². The fourth-order valence-corrected chi connectivity index (χ4v) is 4.05. The summed E-state index contributed by atoms with van der Waals surface area (Å²) in [5, 5.41) is 5.13. The third-order valence-corrected chi connectivity index (χ3v) is 5.78. The van der Waals surface area contributed by atoms with Gasteiger partial charge in [0.2, 0.25) is 0 Å². The number of halogens is 1. The monoisotopic (exact) mass is 477 g/mol. The fourth-order valence-electron chi connectivity index (χ4n) is 3.69. The van der Waals surface area contributed by atoms with Crippen LogP contribution in [-0.2, 0) is 6.42 Å². The van der Waals surface area contributed by atoms with E-state index in [1.807, 2.05) is 44.2 Å². The zero-order chi connectivity index (χ0) is 22.0. The molecule has 6 nitrogen and oxygen atoms in total. The average Bonchev–Trinajstić information content (AvgIpc) is 3.05. The topological polar surface area (TPSA) is 65.1 Å². The second-order valence-corrected chi connectivity index (χ2v) is 8.42. The van der Waals surface area contributed by atoms with E-state index in [1.165, 1.54) is 4.68 Å². The Morgan fingerprint density at radius 2 is 2.00 bits per heavy atom. The van der Waals surface area contributed by atoms with Crippen LogP contribution in [0.4, 0.5) is 0 Å². The van der Waals surface area contributed by atoms with Crippen LogP contribution in [0, 0.1) is 13.8 Å². The number of unbranched alkanes of at least 4 members (excludes halogenated alkanes) is 1. The Balaban J connectivity index is 1.81. The number of benzene rings is 1. The molecule has 0 radical (unpaired) electrons. The first-order valence-corrected chi connectivity index (χ1v) is 11.1. The van der Waals surface area contributed by atoms with Crippen molar-refractivity contribution in [1.82, 2.24) is 19.2 Å². The lowest BCUT2D eigenvalue weighted by molar-refractivity contribution is 0.675. The molecule has 0 N–H and O–H groups in total. The van der Waals surface area contributed by atoms with Crippen LogP contribution in [0.3, 0.4) is 0 Å². The van der Waals surface area contributed by atoms with Crippen LogP contribution in [-0.4, -0.2) is 25.4 Å². The van der Waals surface area contributed by atoms with E-state index in [-0.39, 0.29) is 5.56 Å². The van der Waals surface area contributed by atoms with Gasteiger partial charge in [0.1, 0.15) is 11.6 Å². The van der Waals surface area contributed by atoms with Gasteiger partial charge in [0.05, 0.1) is 17.1 Å². The van der Waals surface area contributed by atoms with Gasteiger partial charge in [0.15, 0.2) is 0 Å². The van der Waals surface area contributed by atoms with Crippen molar-refractivity contribution >= 4 is 33.0 Å². The molecule has 7 heteroatoms. The van der Waals surface area contributed by atoms with Crippen LogP contribution in [0.15, 0.2) is 63.0 Å². The molecule has 0 bridgehead atoms. The summed E-state index contributed by atoms with van der Waals surface area (Å²) in [6.07, 6.45) is 6.17. The SMILES string of the molecule is CCCCc1nc2ccc(Br)cc2c(=O)n1N=Cc1cc(C)n(-c2ccccn2)c1C. The van der Waals surface area contributed by atoms with Crippen molar-refractivity contribution in [2.75, 3.05) is 0 Å². The van der Waals surface area contributed by atoms with Crippen LogP contribution in [0.1, 0.15) is 42.5 Å². The van der Waals surface area contributed by atoms with Gasteiger partial charge in [-0.05, 0) is 56.7 Å². The quantitative estimate of drug-likeness (QED) is 0.359. The van der Waals surface area contributed by atoms with E-state index < -0.39 is 0 Å². The molecule has 1 aromatic carbocycles. The standard InChI is InChI=1S/C24H24BrN5O/c1-4-5-8-23-28-21-11-10-19(25)14-20(21)24(31)30(23)27-15-18-13-16(2)29(17(18)3)22-9-6-7-12-26-22/h6-7,9-15H,4-5,8H2,1-3H3. The molecule has 4 aromatic rings. The minimum atomic E-state index is -0.160. The summed E-state index contributed by atoms with van der Waals surface area (Å²) in [6, 6.07) is 13.5. The van der Waals surface area contributed by atoms with E-state index in [0.717, 1.165) is 40.1 Å². The molecule has 31 heavy (non-hydrogen) atoms. The zero-order valence-corrected chi connectivity index (χ0v) is 19.4. The Bertz CT molecular complexity index is 1320. The number of fused-ring (bicyclic) bond motifs is 1. The van der Waals surface area contributed by atoms with Crippen LogP contribution < -0.4 is 5.56 Å². The smallest absolute Gasteiger partial charge is 0.282 e. The first-order chi connectivity index (χ1) is 15.0. The molecule has 0 fully saturated rings. The molecule has 0 amide bonds. The van der Waals surface area contributed by atoms with Gasteiger partial charge in [0, 0.05) is 34.0 Å². The van der Waals surface area contributed by atoms with Gasteiger partial charge >= 0.3 is 0 Å². The Kier molecular flexibility index (Phi) is 6.13. The summed E-state index contributed by atoms with van der Waals surface area (Å²) in [5.74, 6) is 1.53. The van der Waals surface area contributed by atoms with Gasteiger partial charge in [0.25, 0.3) is 5.56 Å². The molecule has 0 aliphatic carbocycles. The molecule has 0 aliphatic heterocycles. The van der Waals surface area contributed by atoms with E-state index in [2.05, 4.69) is 43.6 Å². The first kappa shape index (κ1) is 21.2. The molecular weight excluding hydrogens is 454 g/mol. The Hall–Kier alpha value is -3.06. The molecule has 3 heterocycles. The van der Waals surface area contributed by atoms with E-state index in [0.29, 0.717) is 23.1 Å². The van der Waals surface area contributed by atoms with Crippen LogP contribution >= 0.6 is 15.9 Å². The van der Waals surface area contributed by atoms with Crippen LogP contribution in [0.5, 0.6) is 0 Å². The number of nitrogens with zero attached hydrogens (tertiary/aromatic N) is 5. The highest BCUT2D eigenvalue weighted by molar-refractivity contribution is 9.10. The van der Waals surface area contributed by atoms with E-state index in [1.54, 1.807) is 18.5 Å². The predicted molar refractivity (Wildman–Crippen MR) is 128 cm³/mol. The summed E-state index contributed by atoms with van der Waals surface area (Å²) in [4.78, 5) is 22.4. The second kappa shape index (κ2) is 8.98. The maximum absolute atomic E-state index is 13.2. The van der Waals surface area contributed by atoms with Crippen molar-refractivity contribution in [3.05, 3.63) is 86.3 Å². The summed E-state index contributed by atoms with van der Waals surface area (Å²) >= 11 is 3.45. The maximum Gasteiger partial charge on any atom is 0.282 e. The third kappa shape index (κ3) is 4.23. The molecule has 4 rings (SSSR count). The lowest BCUT2D eigenvalue weighted by Gasteiger charge is -2.09. The predicted octanol–water partition coefficient (Wildman–Crippen LogP) is 5.19. The average molecular weight is 478 g/mol. The number of aromatic nitrogens is 4.